The lowest BCUT2D eigenvalue weighted by atomic mass is 9.69. The van der Waals surface area contributed by atoms with E-state index in [0.717, 1.165) is 53.8 Å². The molecule has 0 spiro atoms. The van der Waals surface area contributed by atoms with Crippen LogP contribution in [0.3, 0.4) is 0 Å². The monoisotopic (exact) mass is 430 g/mol. The minimum atomic E-state index is 0.404. The second-order valence-corrected chi connectivity index (χ2v) is 13.0. The first kappa shape index (κ1) is 24.1. The van der Waals surface area contributed by atoms with E-state index in [9.17, 15) is 5.11 Å². The molecule has 0 aromatic heterocycles. The van der Waals surface area contributed by atoms with E-state index >= 15 is 0 Å². The Hall–Kier alpha value is -0.0400. The van der Waals surface area contributed by atoms with Gasteiger partial charge in [-0.2, -0.15) is 0 Å². The van der Waals surface area contributed by atoms with E-state index in [2.05, 4.69) is 6.92 Å². The molecule has 0 aromatic carbocycles. The molecular weight excluding hydrogens is 376 g/mol. The Bertz CT molecular complexity index is 469. The van der Waals surface area contributed by atoms with Crippen molar-refractivity contribution in [2.24, 2.45) is 47.3 Å². The van der Waals surface area contributed by atoms with Crippen molar-refractivity contribution in [2.45, 2.75) is 135 Å². The summed E-state index contributed by atoms with van der Waals surface area (Å²) in [6.07, 6.45) is 29.9. The molecule has 4 fully saturated rings. The zero-order valence-electron chi connectivity index (χ0n) is 20.9. The van der Waals surface area contributed by atoms with Gasteiger partial charge in [0.1, 0.15) is 0 Å². The third kappa shape index (κ3) is 7.75. The van der Waals surface area contributed by atoms with Gasteiger partial charge in [0.25, 0.3) is 0 Å². The van der Waals surface area contributed by atoms with Crippen LogP contribution >= 0.6 is 0 Å². The lowest BCUT2D eigenvalue weighted by Gasteiger charge is -2.37. The van der Waals surface area contributed by atoms with E-state index in [4.69, 9.17) is 0 Å². The molecule has 31 heavy (non-hydrogen) atoms. The Morgan fingerprint density at radius 3 is 0.968 bits per heavy atom. The van der Waals surface area contributed by atoms with Crippen LogP contribution in [0.5, 0.6) is 0 Å². The highest BCUT2D eigenvalue weighted by atomic mass is 16.3. The van der Waals surface area contributed by atoms with Crippen LogP contribution in [0.25, 0.3) is 0 Å². The van der Waals surface area contributed by atoms with E-state index in [1.165, 1.54) is 70.6 Å². The maximum Gasteiger partial charge on any atom is 0.0433 e. The number of hydrogen-bond acceptors (Lipinski definition) is 1. The first-order valence-corrected chi connectivity index (χ1v) is 14.8. The Morgan fingerprint density at radius 2 is 0.677 bits per heavy atom. The van der Waals surface area contributed by atoms with E-state index in [1.807, 2.05) is 0 Å². The van der Waals surface area contributed by atoms with Gasteiger partial charge in [-0.1, -0.05) is 110 Å². The Labute approximate surface area is 194 Å². The highest BCUT2D eigenvalue weighted by Crippen LogP contribution is 2.43. The molecule has 1 heteroatoms. The second kappa shape index (κ2) is 12.4. The SMILES string of the molecule is CC1CCC(CC2CCC(CC3CCC(CC4CCC(CCO)CC4)CC3)CC2)CC1. The van der Waals surface area contributed by atoms with Gasteiger partial charge in [0.15, 0.2) is 0 Å². The molecule has 0 unspecified atom stereocenters. The third-order valence-electron chi connectivity index (χ3n) is 10.6. The Kier molecular flexibility index (Phi) is 9.66. The fourth-order valence-electron chi connectivity index (χ4n) is 8.32. The molecule has 0 bridgehead atoms. The van der Waals surface area contributed by atoms with Crippen molar-refractivity contribution >= 4 is 0 Å². The lowest BCUT2D eigenvalue weighted by Crippen LogP contribution is -2.24. The number of hydrogen-bond donors (Lipinski definition) is 1. The molecule has 0 saturated heterocycles. The van der Waals surface area contributed by atoms with Crippen LogP contribution < -0.4 is 0 Å². The van der Waals surface area contributed by atoms with Crippen LogP contribution in [0.1, 0.15) is 135 Å². The van der Waals surface area contributed by atoms with Crippen LogP contribution in [0.15, 0.2) is 0 Å². The van der Waals surface area contributed by atoms with Crippen molar-refractivity contribution in [3.63, 3.8) is 0 Å². The first-order chi connectivity index (χ1) is 15.2. The molecule has 1 nitrogen and oxygen atoms in total. The molecule has 0 heterocycles. The zero-order valence-corrected chi connectivity index (χ0v) is 20.9. The third-order valence-corrected chi connectivity index (χ3v) is 10.6. The summed E-state index contributed by atoms with van der Waals surface area (Å²) < 4.78 is 0. The van der Waals surface area contributed by atoms with E-state index < -0.39 is 0 Å². The predicted octanol–water partition coefficient (Wildman–Crippen LogP) is 8.78. The molecule has 0 radical (unpaired) electrons. The minimum absolute atomic E-state index is 0.404. The summed E-state index contributed by atoms with van der Waals surface area (Å²) in [6.45, 7) is 2.86. The molecule has 4 saturated carbocycles. The fourth-order valence-corrected chi connectivity index (χ4v) is 8.32. The second-order valence-electron chi connectivity index (χ2n) is 13.0. The van der Waals surface area contributed by atoms with Gasteiger partial charge >= 0.3 is 0 Å². The molecule has 0 atom stereocenters. The van der Waals surface area contributed by atoms with Crippen molar-refractivity contribution in [1.82, 2.24) is 0 Å². The summed E-state index contributed by atoms with van der Waals surface area (Å²) in [5.41, 5.74) is 0. The van der Waals surface area contributed by atoms with Gasteiger partial charge in [0.05, 0.1) is 0 Å². The van der Waals surface area contributed by atoms with Crippen molar-refractivity contribution in [3.05, 3.63) is 0 Å². The molecule has 4 aliphatic rings. The van der Waals surface area contributed by atoms with Gasteiger partial charge < -0.3 is 5.11 Å². The van der Waals surface area contributed by atoms with Crippen LogP contribution in [-0.4, -0.2) is 11.7 Å². The van der Waals surface area contributed by atoms with E-state index in [1.54, 1.807) is 51.4 Å². The van der Waals surface area contributed by atoms with Gasteiger partial charge in [-0.05, 0) is 73.0 Å². The molecule has 4 aliphatic carbocycles. The van der Waals surface area contributed by atoms with E-state index in [0.29, 0.717) is 6.61 Å². The summed E-state index contributed by atoms with van der Waals surface area (Å²) in [7, 11) is 0. The summed E-state index contributed by atoms with van der Waals surface area (Å²) in [5.74, 6) is 8.20. The Morgan fingerprint density at radius 1 is 0.419 bits per heavy atom. The highest BCUT2D eigenvalue weighted by molar-refractivity contribution is 4.82. The van der Waals surface area contributed by atoms with Crippen molar-refractivity contribution in [2.75, 3.05) is 6.61 Å². The highest BCUT2D eigenvalue weighted by Gasteiger charge is 2.30. The first-order valence-electron chi connectivity index (χ1n) is 14.8. The number of aliphatic hydroxyl groups excluding tert-OH is 1. The molecule has 0 aromatic rings. The normalized spacial score (nSPS) is 42.4. The van der Waals surface area contributed by atoms with Gasteiger partial charge in [-0.3, -0.25) is 0 Å². The van der Waals surface area contributed by atoms with Gasteiger partial charge in [-0.25, -0.2) is 0 Å². The molecule has 1 N–H and O–H groups in total. The van der Waals surface area contributed by atoms with Crippen molar-refractivity contribution in [3.8, 4) is 0 Å². The molecule has 180 valence electrons. The average molecular weight is 431 g/mol. The number of rotatable bonds is 8. The van der Waals surface area contributed by atoms with E-state index in [-0.39, 0.29) is 0 Å². The smallest absolute Gasteiger partial charge is 0.0433 e. The fraction of sp³-hybridized carbons (Fsp3) is 1.00. The zero-order chi connectivity index (χ0) is 21.5. The summed E-state index contributed by atoms with van der Waals surface area (Å²) in [4.78, 5) is 0. The predicted molar refractivity (Wildman–Crippen MR) is 133 cm³/mol. The average Bonchev–Trinajstić information content (AvgIpc) is 2.79. The summed E-state index contributed by atoms with van der Waals surface area (Å²) in [6, 6.07) is 0. The molecule has 0 aliphatic heterocycles. The molecule has 4 rings (SSSR count). The maximum atomic E-state index is 9.18. The van der Waals surface area contributed by atoms with Gasteiger partial charge in [0.2, 0.25) is 0 Å². The minimum Gasteiger partial charge on any atom is -0.396 e. The van der Waals surface area contributed by atoms with Crippen molar-refractivity contribution < 1.29 is 5.11 Å². The standard InChI is InChI=1S/C30H54O/c1-23-2-4-25(5-3-23)20-27-10-12-29(13-11-27)22-30-16-14-28(15-17-30)21-26-8-6-24(7-9-26)18-19-31/h23-31H,2-22H2,1H3. The summed E-state index contributed by atoms with van der Waals surface area (Å²) >= 11 is 0. The van der Waals surface area contributed by atoms with Crippen LogP contribution in [0.4, 0.5) is 0 Å². The van der Waals surface area contributed by atoms with Crippen LogP contribution in [0.2, 0.25) is 0 Å². The topological polar surface area (TPSA) is 20.2 Å². The van der Waals surface area contributed by atoms with Crippen molar-refractivity contribution in [1.29, 1.82) is 0 Å². The molecular formula is C30H54O. The maximum absolute atomic E-state index is 9.18. The lowest BCUT2D eigenvalue weighted by molar-refractivity contribution is 0.149. The largest absolute Gasteiger partial charge is 0.396 e. The summed E-state index contributed by atoms with van der Waals surface area (Å²) in [5, 5.41) is 9.18. The van der Waals surface area contributed by atoms with Crippen LogP contribution in [-0.2, 0) is 0 Å². The van der Waals surface area contributed by atoms with Crippen LogP contribution in [0, 0.1) is 47.3 Å². The Balaban J connectivity index is 1.06. The van der Waals surface area contributed by atoms with Gasteiger partial charge in [0, 0.05) is 6.61 Å². The quantitative estimate of drug-likeness (QED) is 0.408. The molecule has 0 amide bonds. The van der Waals surface area contributed by atoms with Gasteiger partial charge in [-0.15, -0.1) is 0 Å². The number of aliphatic hydroxyl groups is 1.